The molecule has 2 heterocycles. The molecule has 17 nitrogen and oxygen atoms in total. The van der Waals surface area contributed by atoms with Gasteiger partial charge in [0.15, 0.2) is 0 Å². The topological polar surface area (TPSA) is 253 Å². The van der Waals surface area contributed by atoms with Crippen molar-refractivity contribution in [3.8, 4) is 0 Å². The second-order valence-corrected chi connectivity index (χ2v) is 21.7. The molecule has 0 aromatic rings. The fourth-order valence-electron chi connectivity index (χ4n) is 10.2. The Morgan fingerprint density at radius 2 is 1.53 bits per heavy atom. The first-order valence-electron chi connectivity index (χ1n) is 26.4. The summed E-state index contributed by atoms with van der Waals surface area (Å²) in [6.07, 6.45) is 7.05. The molecular formula is C57H89NO16. The Balaban J connectivity index is 2.01. The quantitative estimate of drug-likeness (QED) is 0.103. The number of carbonyl (C=O) groups is 6. The molecule has 1 saturated heterocycles. The highest BCUT2D eigenvalue weighted by Crippen LogP contribution is 2.36. The number of hydrogen-bond acceptors (Lipinski definition) is 16. The number of esters is 2. The summed E-state index contributed by atoms with van der Waals surface area (Å²) in [4.78, 5) is 83.8. The van der Waals surface area contributed by atoms with Crippen LogP contribution in [0.5, 0.6) is 0 Å². The molecule has 1 saturated carbocycles. The molecule has 1 amide bonds. The summed E-state index contributed by atoms with van der Waals surface area (Å²) in [5, 5.41) is 53.3. The van der Waals surface area contributed by atoms with Gasteiger partial charge in [-0.25, -0.2) is 4.79 Å². The van der Waals surface area contributed by atoms with Gasteiger partial charge < -0.3 is 54.1 Å². The number of ketones is 3. The zero-order chi connectivity index (χ0) is 55.6. The van der Waals surface area contributed by atoms with E-state index in [2.05, 4.69) is 13.5 Å². The van der Waals surface area contributed by atoms with Crippen LogP contribution >= 0.6 is 0 Å². The van der Waals surface area contributed by atoms with E-state index in [1.54, 1.807) is 19.9 Å². The van der Waals surface area contributed by atoms with E-state index in [0.717, 1.165) is 10.5 Å². The minimum absolute atomic E-state index is 0.0265. The van der Waals surface area contributed by atoms with Crippen LogP contribution in [0.15, 0.2) is 59.8 Å². The van der Waals surface area contributed by atoms with Crippen molar-refractivity contribution in [3.05, 3.63) is 59.8 Å². The molecule has 0 aromatic heterocycles. The Morgan fingerprint density at radius 3 is 2.15 bits per heavy atom. The third-order valence-corrected chi connectivity index (χ3v) is 15.6. The number of Topliss-reactive ketones (excluding diaryl/α,β-unsaturated/α-hetero) is 3. The molecule has 3 rings (SSSR count). The first-order valence-corrected chi connectivity index (χ1v) is 26.4. The summed E-state index contributed by atoms with van der Waals surface area (Å²) >= 11 is 0. The fraction of sp³-hybridized carbons (Fsp3) is 0.719. The summed E-state index contributed by atoms with van der Waals surface area (Å²) in [6.45, 7) is 17.0. The molecule has 0 aromatic carbocycles. The molecule has 5 N–H and O–H groups in total. The van der Waals surface area contributed by atoms with Crippen LogP contribution in [-0.4, -0.2) is 162 Å². The molecule has 2 fully saturated rings. The molecule has 15 atom stereocenters. The molecule has 0 bridgehead atoms. The Labute approximate surface area is 439 Å². The molecular weight excluding hydrogens is 955 g/mol. The van der Waals surface area contributed by atoms with Gasteiger partial charge in [-0.3, -0.25) is 24.0 Å². The predicted octanol–water partition coefficient (Wildman–Crippen LogP) is 5.52. The van der Waals surface area contributed by atoms with Crippen LogP contribution in [0.4, 0.5) is 0 Å². The number of carbonyl (C=O) groups excluding carboxylic acids is 6. The smallest absolute Gasteiger partial charge is 0.329 e. The SMILES string of the molecule is C=C1C(C)CC(C)/C=C/C=C/C=C(\C)C(OC)CC(O)CC(O)C(C)C(=O)C(=O)C(=O)N2CCCCC2C(=O)OC(C(C)CC2CCC(OC(=O)C(C)(CO)CO)C(OC)C2)CC(=O)C(C)/C=C(\C)C(O)C1OC. The number of aliphatic hydroxyl groups is 5. The lowest BCUT2D eigenvalue weighted by molar-refractivity contribution is -0.177. The molecule has 15 unspecified atom stereocenters. The normalized spacial score (nSPS) is 35.7. The van der Waals surface area contributed by atoms with E-state index in [0.29, 0.717) is 56.1 Å². The lowest BCUT2D eigenvalue weighted by Crippen LogP contribution is -2.53. The van der Waals surface area contributed by atoms with Crippen molar-refractivity contribution in [2.45, 2.75) is 181 Å². The number of amides is 1. The van der Waals surface area contributed by atoms with Gasteiger partial charge in [0, 0.05) is 59.0 Å². The first-order chi connectivity index (χ1) is 34.9. The minimum atomic E-state index is -1.49. The average Bonchev–Trinajstić information content (AvgIpc) is 3.38. The summed E-state index contributed by atoms with van der Waals surface area (Å²) in [6, 6.07) is -1.26. The van der Waals surface area contributed by atoms with Crippen molar-refractivity contribution >= 4 is 35.2 Å². The van der Waals surface area contributed by atoms with E-state index in [1.165, 1.54) is 35.2 Å². The monoisotopic (exact) mass is 1040 g/mol. The maximum absolute atomic E-state index is 14.4. The van der Waals surface area contributed by atoms with E-state index < -0.39 is 121 Å². The second-order valence-electron chi connectivity index (χ2n) is 21.7. The molecule has 0 spiro atoms. The van der Waals surface area contributed by atoms with E-state index >= 15 is 0 Å². The van der Waals surface area contributed by atoms with E-state index in [1.807, 2.05) is 51.2 Å². The van der Waals surface area contributed by atoms with Crippen LogP contribution in [0.1, 0.15) is 126 Å². The zero-order valence-corrected chi connectivity index (χ0v) is 45.9. The third kappa shape index (κ3) is 18.0. The lowest BCUT2D eigenvalue weighted by atomic mass is 9.78. The Morgan fingerprint density at radius 1 is 0.851 bits per heavy atom. The number of nitrogens with zero attached hydrogens (tertiary/aromatic N) is 1. The molecule has 2 aliphatic heterocycles. The molecule has 1 aliphatic carbocycles. The third-order valence-electron chi connectivity index (χ3n) is 15.6. The summed E-state index contributed by atoms with van der Waals surface area (Å²) in [5.41, 5.74) is 0.463. The van der Waals surface area contributed by atoms with Gasteiger partial charge in [0.05, 0.1) is 37.6 Å². The van der Waals surface area contributed by atoms with Crippen LogP contribution in [0, 0.1) is 40.9 Å². The Hall–Kier alpha value is -4.20. The van der Waals surface area contributed by atoms with Crippen molar-refractivity contribution in [2.24, 2.45) is 40.9 Å². The average molecular weight is 1040 g/mol. The van der Waals surface area contributed by atoms with Crippen molar-refractivity contribution in [1.29, 1.82) is 0 Å². The zero-order valence-electron chi connectivity index (χ0n) is 45.9. The molecule has 0 radical (unpaired) electrons. The molecule has 74 heavy (non-hydrogen) atoms. The van der Waals surface area contributed by atoms with Gasteiger partial charge in [0.1, 0.15) is 41.7 Å². The van der Waals surface area contributed by atoms with Crippen LogP contribution in [0.3, 0.4) is 0 Å². The lowest BCUT2D eigenvalue weighted by Gasteiger charge is -2.38. The number of allylic oxidation sites excluding steroid dienone is 6. The summed E-state index contributed by atoms with van der Waals surface area (Å²) < 4.78 is 29.2. The van der Waals surface area contributed by atoms with Gasteiger partial charge in [-0.1, -0.05) is 77.7 Å². The van der Waals surface area contributed by atoms with Crippen LogP contribution < -0.4 is 0 Å². The van der Waals surface area contributed by atoms with Gasteiger partial charge >= 0.3 is 11.9 Å². The highest BCUT2D eigenvalue weighted by atomic mass is 16.6. The Kier molecular flexibility index (Phi) is 26.4. The number of ether oxygens (including phenoxy) is 5. The van der Waals surface area contributed by atoms with E-state index in [-0.39, 0.29) is 55.8 Å². The van der Waals surface area contributed by atoms with Crippen molar-refractivity contribution in [3.63, 3.8) is 0 Å². The number of fused-ring (bicyclic) bond motifs is 1. The van der Waals surface area contributed by atoms with Crippen molar-refractivity contribution in [2.75, 3.05) is 41.1 Å². The standard InChI is InChI=1S/C57H89NO16/c1-33-18-14-13-15-19-34(2)47(70-10)29-42(61)28-45(63)40(8)51(65)52(66)54(67)58-23-17-16-20-43(58)55(68)73-48(30-44(62)36(4)25-38(6)50(64)53(72-12)39(7)35(3)24-33)37(5)26-41-21-22-46(49(27-41)71-11)74-56(69)57(9,31-59)32-60/h13-15,18-19,25,33,35-37,40-43,45-50,53,59-61,63-64H,7,16-17,20-24,26-32H2,1-6,8-12H3/b15-13+,18-14+,34-19+,38-25+. The predicted molar refractivity (Wildman–Crippen MR) is 278 cm³/mol. The minimum Gasteiger partial charge on any atom is -0.460 e. The first kappa shape index (κ1) is 64.1. The highest BCUT2D eigenvalue weighted by molar-refractivity contribution is 6.63. The maximum atomic E-state index is 14.4. The largest absolute Gasteiger partial charge is 0.460 e. The van der Waals surface area contributed by atoms with Gasteiger partial charge in [-0.2, -0.15) is 0 Å². The van der Waals surface area contributed by atoms with Gasteiger partial charge in [-0.15, -0.1) is 0 Å². The van der Waals surface area contributed by atoms with Crippen LogP contribution in [0.2, 0.25) is 0 Å². The summed E-state index contributed by atoms with van der Waals surface area (Å²) in [7, 11) is 4.49. The van der Waals surface area contributed by atoms with Crippen LogP contribution in [0.25, 0.3) is 0 Å². The highest BCUT2D eigenvalue weighted by Gasteiger charge is 2.44. The van der Waals surface area contributed by atoms with Crippen molar-refractivity contribution in [1.82, 2.24) is 4.90 Å². The molecule has 418 valence electrons. The number of rotatable bonds is 10. The maximum Gasteiger partial charge on any atom is 0.329 e. The fourth-order valence-corrected chi connectivity index (χ4v) is 10.2. The summed E-state index contributed by atoms with van der Waals surface area (Å²) in [5.74, 6) is -8.27. The van der Waals surface area contributed by atoms with Gasteiger partial charge in [0.2, 0.25) is 5.78 Å². The number of piperidine rings is 1. The molecule has 3 aliphatic rings. The van der Waals surface area contributed by atoms with Gasteiger partial charge in [0.25, 0.3) is 11.7 Å². The number of hydrogen-bond donors (Lipinski definition) is 5. The van der Waals surface area contributed by atoms with Gasteiger partial charge in [-0.05, 0) is 113 Å². The number of cyclic esters (lactones) is 1. The van der Waals surface area contributed by atoms with Crippen molar-refractivity contribution < 1.29 is 78.0 Å². The van der Waals surface area contributed by atoms with E-state index in [9.17, 15) is 54.3 Å². The molecule has 17 heteroatoms. The van der Waals surface area contributed by atoms with E-state index in [4.69, 9.17) is 23.7 Å². The van der Waals surface area contributed by atoms with Crippen LogP contribution in [-0.2, 0) is 52.5 Å². The Bertz CT molecular complexity index is 2020. The number of aliphatic hydroxyl groups excluding tert-OH is 5. The number of methoxy groups -OCH3 is 3. The second kappa shape index (κ2) is 30.5.